The topological polar surface area (TPSA) is 97.0 Å². The van der Waals surface area contributed by atoms with Gasteiger partial charge in [0.2, 0.25) is 0 Å². The van der Waals surface area contributed by atoms with Crippen LogP contribution in [0.25, 0.3) is 22.8 Å². The fourth-order valence-electron chi connectivity index (χ4n) is 2.25. The first-order valence-electron chi connectivity index (χ1n) is 7.67. The van der Waals surface area contributed by atoms with Crippen molar-refractivity contribution in [1.29, 1.82) is 0 Å². The number of aryl methyl sites for hydroxylation is 1. The molecule has 3 rings (SSSR count). The molecule has 0 fully saturated rings. The third-order valence-corrected chi connectivity index (χ3v) is 3.63. The number of hydrogen-bond acceptors (Lipinski definition) is 7. The van der Waals surface area contributed by atoms with Gasteiger partial charge in [-0.15, -0.1) is 5.10 Å². The SMILES string of the molecule is CNc1nnc(-c2nc(-c3ccc(C(=O)N(C)C)cc3)cnc2C)o1.[HH]. The number of hydrogen-bond donors (Lipinski definition) is 1. The Morgan fingerprint density at radius 2 is 1.92 bits per heavy atom. The number of carbonyl (C=O) groups excluding carboxylic acids is 1. The largest absolute Gasteiger partial charge is 0.402 e. The third kappa shape index (κ3) is 3.32. The van der Waals surface area contributed by atoms with Crippen LogP contribution in [-0.2, 0) is 0 Å². The highest BCUT2D eigenvalue weighted by Crippen LogP contribution is 2.24. The van der Waals surface area contributed by atoms with E-state index in [1.807, 2.05) is 19.1 Å². The average Bonchev–Trinajstić information content (AvgIpc) is 3.10. The van der Waals surface area contributed by atoms with Gasteiger partial charge in [0.1, 0.15) is 5.69 Å². The van der Waals surface area contributed by atoms with E-state index in [0.29, 0.717) is 34.6 Å². The summed E-state index contributed by atoms with van der Waals surface area (Å²) in [6.45, 7) is 1.83. The second-order valence-corrected chi connectivity index (χ2v) is 5.63. The molecule has 130 valence electrons. The summed E-state index contributed by atoms with van der Waals surface area (Å²) in [7, 11) is 5.14. The van der Waals surface area contributed by atoms with Gasteiger partial charge < -0.3 is 14.6 Å². The van der Waals surface area contributed by atoms with Crippen LogP contribution in [0.1, 0.15) is 17.5 Å². The Balaban J connectivity index is 0.00000243. The highest BCUT2D eigenvalue weighted by molar-refractivity contribution is 5.94. The zero-order chi connectivity index (χ0) is 18.0. The Hall–Kier alpha value is -3.29. The number of rotatable bonds is 4. The second kappa shape index (κ2) is 6.68. The van der Waals surface area contributed by atoms with Gasteiger partial charge in [-0.3, -0.25) is 9.78 Å². The van der Waals surface area contributed by atoms with Crippen molar-refractivity contribution in [3.63, 3.8) is 0 Å². The number of benzene rings is 1. The number of carbonyl (C=O) groups is 1. The highest BCUT2D eigenvalue weighted by atomic mass is 16.4. The van der Waals surface area contributed by atoms with Gasteiger partial charge in [-0.05, 0) is 19.1 Å². The molecule has 0 saturated heterocycles. The summed E-state index contributed by atoms with van der Waals surface area (Å²) in [4.78, 5) is 22.5. The predicted molar refractivity (Wildman–Crippen MR) is 95.2 cm³/mol. The quantitative estimate of drug-likeness (QED) is 0.779. The van der Waals surface area contributed by atoms with Gasteiger partial charge in [-0.25, -0.2) is 4.98 Å². The average molecular weight is 340 g/mol. The monoisotopic (exact) mass is 340 g/mol. The molecule has 25 heavy (non-hydrogen) atoms. The molecule has 8 nitrogen and oxygen atoms in total. The normalized spacial score (nSPS) is 10.6. The molecule has 0 unspecified atom stereocenters. The molecule has 2 heterocycles. The molecule has 1 N–H and O–H groups in total. The van der Waals surface area contributed by atoms with Gasteiger partial charge in [0.15, 0.2) is 0 Å². The molecule has 0 aliphatic heterocycles. The lowest BCUT2D eigenvalue weighted by molar-refractivity contribution is 0.0827. The maximum atomic E-state index is 12.0. The van der Waals surface area contributed by atoms with Crippen molar-refractivity contribution in [2.75, 3.05) is 26.5 Å². The molecular formula is C17H20N6O2. The second-order valence-electron chi connectivity index (χ2n) is 5.63. The van der Waals surface area contributed by atoms with Gasteiger partial charge in [0, 0.05) is 33.7 Å². The van der Waals surface area contributed by atoms with E-state index in [2.05, 4.69) is 25.5 Å². The Kier molecular flexibility index (Phi) is 4.42. The first-order valence-corrected chi connectivity index (χ1v) is 7.67. The molecule has 8 heteroatoms. The first-order chi connectivity index (χ1) is 12.0. The van der Waals surface area contributed by atoms with Crippen LogP contribution in [0, 0.1) is 6.92 Å². The van der Waals surface area contributed by atoms with Crippen molar-refractivity contribution in [2.24, 2.45) is 0 Å². The van der Waals surface area contributed by atoms with Crippen LogP contribution in [0.2, 0.25) is 0 Å². The molecule has 0 atom stereocenters. The molecule has 0 saturated carbocycles. The minimum absolute atomic E-state index is 0. The van der Waals surface area contributed by atoms with Crippen molar-refractivity contribution in [3.8, 4) is 22.8 Å². The number of nitrogens with zero attached hydrogens (tertiary/aromatic N) is 5. The Morgan fingerprint density at radius 1 is 1.20 bits per heavy atom. The summed E-state index contributed by atoms with van der Waals surface area (Å²) in [6.07, 6.45) is 1.68. The summed E-state index contributed by atoms with van der Waals surface area (Å²) in [6, 6.07) is 7.53. The summed E-state index contributed by atoms with van der Waals surface area (Å²) in [5.74, 6) is 0.253. The molecule has 0 radical (unpaired) electrons. The summed E-state index contributed by atoms with van der Waals surface area (Å²) in [5, 5.41) is 10.6. The maximum absolute atomic E-state index is 12.0. The Morgan fingerprint density at radius 3 is 2.52 bits per heavy atom. The summed E-state index contributed by atoms with van der Waals surface area (Å²) < 4.78 is 5.48. The highest BCUT2D eigenvalue weighted by Gasteiger charge is 2.15. The third-order valence-electron chi connectivity index (χ3n) is 3.63. The molecule has 0 spiro atoms. The van der Waals surface area contributed by atoms with Gasteiger partial charge in [-0.2, -0.15) is 0 Å². The lowest BCUT2D eigenvalue weighted by Crippen LogP contribution is -2.21. The van der Waals surface area contributed by atoms with Crippen molar-refractivity contribution >= 4 is 11.9 Å². The number of amides is 1. The van der Waals surface area contributed by atoms with E-state index < -0.39 is 0 Å². The molecule has 0 aliphatic carbocycles. The van der Waals surface area contributed by atoms with E-state index in [-0.39, 0.29) is 7.33 Å². The first kappa shape index (κ1) is 16.6. The van der Waals surface area contributed by atoms with Crippen LogP contribution >= 0.6 is 0 Å². The van der Waals surface area contributed by atoms with E-state index in [4.69, 9.17) is 4.42 Å². The van der Waals surface area contributed by atoms with Crippen molar-refractivity contribution in [2.45, 2.75) is 6.92 Å². The number of aromatic nitrogens is 4. The fraction of sp³-hybridized carbons (Fsp3) is 0.235. The van der Waals surface area contributed by atoms with Crippen molar-refractivity contribution in [1.82, 2.24) is 25.1 Å². The van der Waals surface area contributed by atoms with E-state index in [9.17, 15) is 4.79 Å². The van der Waals surface area contributed by atoms with Crippen LogP contribution in [0.15, 0.2) is 34.9 Å². The fourth-order valence-corrected chi connectivity index (χ4v) is 2.25. The Labute approximate surface area is 146 Å². The van der Waals surface area contributed by atoms with E-state index in [1.165, 1.54) is 4.90 Å². The van der Waals surface area contributed by atoms with E-state index in [1.54, 1.807) is 39.5 Å². The lowest BCUT2D eigenvalue weighted by atomic mass is 10.1. The molecule has 1 amide bonds. The maximum Gasteiger partial charge on any atom is 0.315 e. The molecule has 0 aliphatic rings. The van der Waals surface area contributed by atoms with Crippen LogP contribution in [0.3, 0.4) is 0 Å². The van der Waals surface area contributed by atoms with Crippen LogP contribution in [0.4, 0.5) is 6.01 Å². The zero-order valence-electron chi connectivity index (χ0n) is 14.4. The van der Waals surface area contributed by atoms with Crippen LogP contribution in [-0.4, -0.2) is 52.1 Å². The molecule has 1 aromatic carbocycles. The van der Waals surface area contributed by atoms with Gasteiger partial charge in [-0.1, -0.05) is 17.2 Å². The van der Waals surface area contributed by atoms with Crippen LogP contribution in [0.5, 0.6) is 0 Å². The molecular weight excluding hydrogens is 320 g/mol. The predicted octanol–water partition coefficient (Wildman–Crippen LogP) is 2.49. The van der Waals surface area contributed by atoms with Gasteiger partial charge >= 0.3 is 6.01 Å². The summed E-state index contributed by atoms with van der Waals surface area (Å²) in [5.41, 5.74) is 3.34. The number of nitrogens with one attached hydrogen (secondary N) is 1. The van der Waals surface area contributed by atoms with E-state index >= 15 is 0 Å². The standard InChI is InChI=1S/C17H18N6O2.H2/c1-10-14(15-21-22-17(18-2)25-15)20-13(9-19-10)11-5-7-12(8-6-11)16(24)23(3)4;/h5-9H,1-4H3,(H,18,22);1H. The minimum Gasteiger partial charge on any atom is -0.402 e. The van der Waals surface area contributed by atoms with E-state index in [0.717, 1.165) is 5.56 Å². The molecule has 2 aromatic heterocycles. The molecule has 0 bridgehead atoms. The van der Waals surface area contributed by atoms with Gasteiger partial charge in [0.25, 0.3) is 11.8 Å². The Bertz CT molecular complexity index is 908. The summed E-state index contributed by atoms with van der Waals surface area (Å²) >= 11 is 0. The number of anilines is 1. The molecule has 3 aromatic rings. The van der Waals surface area contributed by atoms with Crippen molar-refractivity contribution < 1.29 is 10.6 Å². The van der Waals surface area contributed by atoms with Gasteiger partial charge in [0.05, 0.1) is 17.6 Å². The smallest absolute Gasteiger partial charge is 0.315 e. The zero-order valence-corrected chi connectivity index (χ0v) is 14.4. The van der Waals surface area contributed by atoms with Crippen LogP contribution < -0.4 is 5.32 Å². The minimum atomic E-state index is -0.0484. The van der Waals surface area contributed by atoms with Crippen molar-refractivity contribution in [3.05, 3.63) is 41.7 Å². The lowest BCUT2D eigenvalue weighted by Gasteiger charge is -2.10.